The number of H-pyrrole nitrogens is 1. The zero-order valence-electron chi connectivity index (χ0n) is 26.9. The summed E-state index contributed by atoms with van der Waals surface area (Å²) in [4.78, 5) is 24.1. The van der Waals surface area contributed by atoms with Crippen molar-refractivity contribution in [1.29, 1.82) is 0 Å². The van der Waals surface area contributed by atoms with Crippen molar-refractivity contribution in [3.63, 3.8) is 0 Å². The second-order valence-corrected chi connectivity index (χ2v) is 14.7. The molecule has 3 N–H and O–H groups in total. The van der Waals surface area contributed by atoms with E-state index < -0.39 is 12.0 Å². The fourth-order valence-electron chi connectivity index (χ4n) is 7.27. The molecule has 11 heteroatoms. The fraction of sp³-hybridized carbons (Fsp3) is 0.636. The fourth-order valence-corrected chi connectivity index (χ4v) is 7.27. The lowest BCUT2D eigenvalue weighted by molar-refractivity contribution is -0.199. The Morgan fingerprint density at radius 3 is 2.64 bits per heavy atom. The minimum atomic E-state index is -0.699. The highest BCUT2D eigenvalue weighted by molar-refractivity contribution is 5.81. The van der Waals surface area contributed by atoms with Crippen molar-refractivity contribution >= 4 is 28.0 Å². The Labute approximate surface area is 258 Å². The molecule has 0 spiro atoms. The lowest BCUT2D eigenvalue weighted by Gasteiger charge is -2.46. The highest BCUT2D eigenvalue weighted by Gasteiger charge is 2.57. The van der Waals surface area contributed by atoms with Gasteiger partial charge in [0.05, 0.1) is 17.4 Å². The number of nitrogen functional groups attached to an aromatic ring is 1. The van der Waals surface area contributed by atoms with Crippen LogP contribution in [0.3, 0.4) is 0 Å². The van der Waals surface area contributed by atoms with Crippen LogP contribution in [0.5, 0.6) is 0 Å². The molecule has 3 aromatic heterocycles. The molecule has 0 bridgehead atoms. The number of hydrogen-bond donors (Lipinski definition) is 2. The van der Waals surface area contributed by atoms with Gasteiger partial charge >= 0.3 is 0 Å². The van der Waals surface area contributed by atoms with Gasteiger partial charge in [0.2, 0.25) is 0 Å². The molecule has 7 rings (SSSR count). The van der Waals surface area contributed by atoms with Crippen LogP contribution in [0.2, 0.25) is 0 Å². The number of hydrogen-bond acceptors (Lipinski definition) is 9. The number of anilines is 1. The molecule has 1 aromatic carbocycles. The van der Waals surface area contributed by atoms with E-state index in [1.54, 1.807) is 6.33 Å². The Balaban J connectivity index is 1.00. The average molecular weight is 603 g/mol. The molecule has 1 saturated carbocycles. The van der Waals surface area contributed by atoms with Crippen LogP contribution >= 0.6 is 0 Å². The number of benzene rings is 1. The molecule has 1 aliphatic carbocycles. The highest BCUT2D eigenvalue weighted by Crippen LogP contribution is 2.45. The van der Waals surface area contributed by atoms with Gasteiger partial charge in [-0.05, 0) is 76.0 Å². The smallest absolute Gasteiger partial charge is 0.167 e. The molecule has 3 unspecified atom stereocenters. The summed E-state index contributed by atoms with van der Waals surface area (Å²) in [5, 5.41) is 0. The largest absolute Gasteiger partial charge is 0.382 e. The summed E-state index contributed by atoms with van der Waals surface area (Å²) in [7, 11) is 0. The van der Waals surface area contributed by atoms with Crippen LogP contribution in [0.25, 0.3) is 22.2 Å². The number of aromatic nitrogens is 6. The molecule has 2 aliphatic heterocycles. The number of nitrogens with two attached hydrogens (primary N) is 1. The number of ether oxygens (including phenoxy) is 3. The van der Waals surface area contributed by atoms with Gasteiger partial charge in [-0.3, -0.25) is 9.47 Å². The minimum Gasteiger partial charge on any atom is -0.382 e. The predicted octanol–water partition coefficient (Wildman–Crippen LogP) is 5.12. The minimum absolute atomic E-state index is 0.124. The molecule has 11 nitrogen and oxygen atoms in total. The van der Waals surface area contributed by atoms with Crippen molar-refractivity contribution in [2.75, 3.05) is 12.3 Å². The van der Waals surface area contributed by atoms with E-state index in [-0.39, 0.29) is 23.7 Å². The summed E-state index contributed by atoms with van der Waals surface area (Å²) in [6.45, 7) is 16.0. The molecule has 3 fully saturated rings. The Morgan fingerprint density at radius 1 is 1.11 bits per heavy atom. The van der Waals surface area contributed by atoms with Crippen molar-refractivity contribution in [1.82, 2.24) is 34.4 Å². The molecule has 236 valence electrons. The second-order valence-electron chi connectivity index (χ2n) is 14.7. The van der Waals surface area contributed by atoms with E-state index in [4.69, 9.17) is 24.9 Å². The Morgan fingerprint density at radius 2 is 1.89 bits per heavy atom. The third-order valence-electron chi connectivity index (χ3n) is 9.71. The molecule has 2 saturated heterocycles. The van der Waals surface area contributed by atoms with Gasteiger partial charge in [0.15, 0.2) is 23.5 Å². The molecule has 4 atom stereocenters. The average Bonchev–Trinajstić information content (AvgIpc) is 3.68. The molecule has 44 heavy (non-hydrogen) atoms. The maximum Gasteiger partial charge on any atom is 0.167 e. The zero-order valence-corrected chi connectivity index (χ0v) is 26.9. The lowest BCUT2D eigenvalue weighted by atomic mass is 9.76. The first-order valence-electron chi connectivity index (χ1n) is 16.1. The van der Waals surface area contributed by atoms with Gasteiger partial charge in [0, 0.05) is 25.0 Å². The molecule has 0 amide bonds. The first-order chi connectivity index (χ1) is 20.9. The van der Waals surface area contributed by atoms with Crippen LogP contribution < -0.4 is 5.73 Å². The van der Waals surface area contributed by atoms with Gasteiger partial charge in [0.1, 0.15) is 36.0 Å². The third kappa shape index (κ3) is 5.37. The number of imidazole rings is 2. The van der Waals surface area contributed by atoms with Gasteiger partial charge in [-0.1, -0.05) is 26.8 Å². The van der Waals surface area contributed by atoms with Crippen molar-refractivity contribution in [2.45, 2.75) is 122 Å². The molecular formula is C33H46N8O3. The standard InChI is InChI=1S/C33H46N8O3/c1-18(2)40(21-12-19(13-21)8-11-25-38-22-10-9-20(32(3,4)5)14-23(22)39-25)15-24-27-28(44-33(6,7)43-27)31(42-24)41-17-37-26-29(34)35-16-36-30(26)41/h9-10,14,16-19,21,24,27-28,31H,8,11-13,15H2,1-7H3,(H,38,39)(H2,34,35,36)/t19?,21?,24?,27?,28-,31?/m1/s1. The molecule has 0 radical (unpaired) electrons. The van der Waals surface area contributed by atoms with Crippen LogP contribution in [-0.4, -0.2) is 77.1 Å². The quantitative estimate of drug-likeness (QED) is 0.282. The van der Waals surface area contributed by atoms with Gasteiger partial charge in [-0.15, -0.1) is 0 Å². The van der Waals surface area contributed by atoms with E-state index in [2.05, 4.69) is 77.7 Å². The topological polar surface area (TPSA) is 129 Å². The SMILES string of the molecule is CC(C)N(CC1OC(n2cnc3c(N)ncnc32)[C@@H]2OC(C)(C)OC12)C1CC(CCc2nc3ccc(C(C)(C)C)cc3[nH]2)C1. The number of rotatable bonds is 8. The van der Waals surface area contributed by atoms with Gasteiger partial charge in [-0.2, -0.15) is 0 Å². The summed E-state index contributed by atoms with van der Waals surface area (Å²) in [5.41, 5.74) is 10.9. The molecule has 4 aromatic rings. The van der Waals surface area contributed by atoms with E-state index in [9.17, 15) is 0 Å². The maximum absolute atomic E-state index is 6.72. The lowest BCUT2D eigenvalue weighted by Crippen LogP contribution is -2.52. The Hall–Kier alpha value is -3.12. The number of aryl methyl sites for hydroxylation is 1. The maximum atomic E-state index is 6.72. The summed E-state index contributed by atoms with van der Waals surface area (Å²) < 4.78 is 21.5. The van der Waals surface area contributed by atoms with Crippen LogP contribution in [0, 0.1) is 5.92 Å². The van der Waals surface area contributed by atoms with Gasteiger partial charge in [0.25, 0.3) is 0 Å². The number of fused-ring (bicyclic) bond motifs is 3. The van der Waals surface area contributed by atoms with Crippen molar-refractivity contribution < 1.29 is 14.2 Å². The predicted molar refractivity (Wildman–Crippen MR) is 169 cm³/mol. The van der Waals surface area contributed by atoms with Crippen molar-refractivity contribution in [2.24, 2.45) is 5.92 Å². The zero-order chi connectivity index (χ0) is 31.0. The van der Waals surface area contributed by atoms with Crippen LogP contribution in [0.1, 0.15) is 85.3 Å². The van der Waals surface area contributed by atoms with E-state index in [0.717, 1.165) is 36.2 Å². The highest BCUT2D eigenvalue weighted by atomic mass is 16.8. The van der Waals surface area contributed by atoms with E-state index >= 15 is 0 Å². The van der Waals surface area contributed by atoms with Gasteiger partial charge in [-0.25, -0.2) is 19.9 Å². The molecular weight excluding hydrogens is 556 g/mol. The van der Waals surface area contributed by atoms with E-state index in [1.165, 1.54) is 24.7 Å². The summed E-state index contributed by atoms with van der Waals surface area (Å²) >= 11 is 0. The van der Waals surface area contributed by atoms with E-state index in [0.29, 0.717) is 35.0 Å². The summed E-state index contributed by atoms with van der Waals surface area (Å²) in [6, 6.07) is 7.50. The number of nitrogens with one attached hydrogen (secondary N) is 1. The summed E-state index contributed by atoms with van der Waals surface area (Å²) in [5.74, 6) is 1.43. The van der Waals surface area contributed by atoms with Crippen LogP contribution in [0.15, 0.2) is 30.9 Å². The van der Waals surface area contributed by atoms with E-state index in [1.807, 2.05) is 18.4 Å². The van der Waals surface area contributed by atoms with Gasteiger partial charge < -0.3 is 24.9 Å². The van der Waals surface area contributed by atoms with Crippen LogP contribution in [0.4, 0.5) is 5.82 Å². The number of aromatic amines is 1. The first kappa shape index (κ1) is 29.6. The monoisotopic (exact) mass is 602 g/mol. The Kier molecular flexibility index (Phi) is 7.23. The normalized spacial score (nSPS) is 28.4. The Bertz CT molecular complexity index is 1650. The van der Waals surface area contributed by atoms with Crippen molar-refractivity contribution in [3.8, 4) is 0 Å². The molecule has 3 aliphatic rings. The van der Waals surface area contributed by atoms with Crippen LogP contribution in [-0.2, 0) is 26.0 Å². The van der Waals surface area contributed by atoms with Crippen molar-refractivity contribution in [3.05, 3.63) is 42.2 Å². The second kappa shape index (κ2) is 10.8. The third-order valence-corrected chi connectivity index (χ3v) is 9.71. The first-order valence-corrected chi connectivity index (χ1v) is 16.1. The number of nitrogens with zero attached hydrogens (tertiary/aromatic N) is 6. The summed E-state index contributed by atoms with van der Waals surface area (Å²) in [6.07, 6.45) is 6.61. The molecule has 5 heterocycles.